The van der Waals surface area contributed by atoms with E-state index >= 15 is 0 Å². The van der Waals surface area contributed by atoms with Crippen molar-refractivity contribution in [3.8, 4) is 0 Å². The third kappa shape index (κ3) is 3.66. The first-order chi connectivity index (χ1) is 9.36. The summed E-state index contributed by atoms with van der Waals surface area (Å²) in [6.07, 6.45) is 3.39. The first kappa shape index (κ1) is 14.7. The molecule has 1 aliphatic carbocycles. The monoisotopic (exact) mass is 295 g/mol. The molecule has 1 aromatic carbocycles. The number of sulfone groups is 1. The summed E-state index contributed by atoms with van der Waals surface area (Å²) >= 11 is 0. The average Bonchev–Trinajstić information content (AvgIpc) is 2.40. The molecule has 1 amide bonds. The number of ketones is 1. The van der Waals surface area contributed by atoms with Crippen molar-refractivity contribution in [2.24, 2.45) is 0 Å². The zero-order valence-corrected chi connectivity index (χ0v) is 12.1. The minimum Gasteiger partial charge on any atom is -0.349 e. The molecule has 0 bridgehead atoms. The van der Waals surface area contributed by atoms with Crippen molar-refractivity contribution in [1.29, 1.82) is 0 Å². The van der Waals surface area contributed by atoms with E-state index in [-0.39, 0.29) is 22.6 Å². The summed E-state index contributed by atoms with van der Waals surface area (Å²) in [5.74, 6) is -0.0654. The van der Waals surface area contributed by atoms with E-state index in [2.05, 4.69) is 5.32 Å². The molecule has 0 atom stereocenters. The Hall–Kier alpha value is -1.69. The van der Waals surface area contributed by atoms with Gasteiger partial charge in [-0.3, -0.25) is 9.59 Å². The predicted molar refractivity (Wildman–Crippen MR) is 74.3 cm³/mol. The molecule has 0 aromatic heterocycles. The van der Waals surface area contributed by atoms with Crippen LogP contribution in [0.4, 0.5) is 0 Å². The molecule has 0 spiro atoms. The van der Waals surface area contributed by atoms with Crippen LogP contribution in [0.15, 0.2) is 29.2 Å². The van der Waals surface area contributed by atoms with E-state index in [1.165, 1.54) is 12.1 Å². The maximum absolute atomic E-state index is 12.1. The number of carbonyl (C=O) groups excluding carboxylic acids is 2. The van der Waals surface area contributed by atoms with E-state index in [9.17, 15) is 18.0 Å². The van der Waals surface area contributed by atoms with Gasteiger partial charge in [-0.05, 0) is 31.0 Å². The number of benzene rings is 1. The van der Waals surface area contributed by atoms with Crippen molar-refractivity contribution in [1.82, 2.24) is 5.32 Å². The topological polar surface area (TPSA) is 80.3 Å². The van der Waals surface area contributed by atoms with Crippen LogP contribution in [-0.4, -0.2) is 32.4 Å². The fraction of sp³-hybridized carbons (Fsp3) is 0.429. The molecule has 1 aromatic rings. The van der Waals surface area contributed by atoms with Crippen LogP contribution < -0.4 is 5.32 Å². The van der Waals surface area contributed by atoms with Crippen LogP contribution >= 0.6 is 0 Å². The van der Waals surface area contributed by atoms with Gasteiger partial charge in [0.1, 0.15) is 5.78 Å². The molecule has 0 heterocycles. The van der Waals surface area contributed by atoms with Gasteiger partial charge >= 0.3 is 0 Å². The van der Waals surface area contributed by atoms with Crippen LogP contribution in [0.5, 0.6) is 0 Å². The Balaban J connectivity index is 2.08. The van der Waals surface area contributed by atoms with Crippen LogP contribution in [0.3, 0.4) is 0 Å². The summed E-state index contributed by atoms with van der Waals surface area (Å²) in [4.78, 5) is 23.4. The third-order valence-electron chi connectivity index (χ3n) is 3.40. The summed E-state index contributed by atoms with van der Waals surface area (Å²) in [7, 11) is -3.32. The number of carbonyl (C=O) groups is 2. The summed E-state index contributed by atoms with van der Waals surface area (Å²) in [6.45, 7) is 0. The zero-order valence-electron chi connectivity index (χ0n) is 11.3. The Kier molecular flexibility index (Phi) is 4.23. The fourth-order valence-electron chi connectivity index (χ4n) is 2.22. The maximum Gasteiger partial charge on any atom is 0.251 e. The van der Waals surface area contributed by atoms with Gasteiger partial charge in [-0.1, -0.05) is 6.07 Å². The molecule has 0 unspecified atom stereocenters. The molecule has 0 aliphatic heterocycles. The highest BCUT2D eigenvalue weighted by atomic mass is 32.2. The highest BCUT2D eigenvalue weighted by molar-refractivity contribution is 7.90. The molecule has 5 nitrogen and oxygen atoms in total. The lowest BCUT2D eigenvalue weighted by atomic mass is 9.94. The number of hydrogen-bond acceptors (Lipinski definition) is 4. The molecule has 20 heavy (non-hydrogen) atoms. The van der Waals surface area contributed by atoms with E-state index < -0.39 is 9.84 Å². The second-order valence-electron chi connectivity index (χ2n) is 5.09. The normalized spacial score (nSPS) is 16.9. The molecule has 0 saturated heterocycles. The van der Waals surface area contributed by atoms with Crippen molar-refractivity contribution in [2.75, 3.05) is 6.26 Å². The average molecular weight is 295 g/mol. The molecule has 108 valence electrons. The molecule has 1 saturated carbocycles. The Labute approximate surface area is 118 Å². The first-order valence-electron chi connectivity index (χ1n) is 6.49. The SMILES string of the molecule is CS(=O)(=O)c1cccc(C(=O)NC2CCC(=O)CC2)c1. The van der Waals surface area contributed by atoms with Gasteiger partial charge < -0.3 is 5.32 Å². The Morgan fingerprint density at radius 3 is 2.50 bits per heavy atom. The highest BCUT2D eigenvalue weighted by Crippen LogP contribution is 2.16. The lowest BCUT2D eigenvalue weighted by Crippen LogP contribution is -2.37. The van der Waals surface area contributed by atoms with Gasteiger partial charge in [0, 0.05) is 30.7 Å². The van der Waals surface area contributed by atoms with Crippen molar-refractivity contribution in [3.05, 3.63) is 29.8 Å². The molecule has 1 fully saturated rings. The molecule has 1 aliphatic rings. The molecular weight excluding hydrogens is 278 g/mol. The van der Waals surface area contributed by atoms with Gasteiger partial charge in [0.05, 0.1) is 4.90 Å². The quantitative estimate of drug-likeness (QED) is 0.912. The number of rotatable bonds is 3. The summed E-state index contributed by atoms with van der Waals surface area (Å²) < 4.78 is 22.9. The Bertz CT molecular complexity index is 626. The second-order valence-corrected chi connectivity index (χ2v) is 7.10. The largest absolute Gasteiger partial charge is 0.349 e. The number of nitrogens with one attached hydrogen (secondary N) is 1. The smallest absolute Gasteiger partial charge is 0.251 e. The van der Waals surface area contributed by atoms with Gasteiger partial charge in [0.15, 0.2) is 9.84 Å². The standard InChI is InChI=1S/C14H17NO4S/c1-20(18,19)13-4-2-3-10(9-13)14(17)15-11-5-7-12(16)8-6-11/h2-4,9,11H,5-8H2,1H3,(H,15,17). The van der Waals surface area contributed by atoms with Crippen molar-refractivity contribution >= 4 is 21.5 Å². The molecule has 0 radical (unpaired) electrons. The zero-order chi connectivity index (χ0) is 14.8. The second kappa shape index (κ2) is 5.75. The van der Waals surface area contributed by atoms with Crippen molar-refractivity contribution in [2.45, 2.75) is 36.6 Å². The van der Waals surface area contributed by atoms with Crippen LogP contribution in [0.25, 0.3) is 0 Å². The summed E-state index contributed by atoms with van der Waals surface area (Å²) in [6, 6.07) is 5.96. The predicted octanol–water partition coefficient (Wildman–Crippen LogP) is 1.33. The summed E-state index contributed by atoms with van der Waals surface area (Å²) in [5, 5.41) is 2.85. The number of hydrogen-bond donors (Lipinski definition) is 1. The van der Waals surface area contributed by atoms with Crippen LogP contribution in [0, 0.1) is 0 Å². The Morgan fingerprint density at radius 1 is 1.25 bits per heavy atom. The molecular formula is C14H17NO4S. The van der Waals surface area contributed by atoms with Crippen molar-refractivity contribution < 1.29 is 18.0 Å². The van der Waals surface area contributed by atoms with Crippen molar-refractivity contribution in [3.63, 3.8) is 0 Å². The van der Waals surface area contributed by atoms with Gasteiger partial charge in [0.25, 0.3) is 5.91 Å². The van der Waals surface area contributed by atoms with E-state index in [0.717, 1.165) is 6.26 Å². The van der Waals surface area contributed by atoms with E-state index in [0.29, 0.717) is 31.2 Å². The van der Waals surface area contributed by atoms with E-state index in [1.54, 1.807) is 12.1 Å². The summed E-state index contributed by atoms with van der Waals surface area (Å²) in [5.41, 5.74) is 0.324. The third-order valence-corrected chi connectivity index (χ3v) is 4.51. The Morgan fingerprint density at radius 2 is 1.90 bits per heavy atom. The van der Waals surface area contributed by atoms with Gasteiger partial charge in [0.2, 0.25) is 0 Å². The lowest BCUT2D eigenvalue weighted by Gasteiger charge is -2.22. The fourth-order valence-corrected chi connectivity index (χ4v) is 2.89. The van der Waals surface area contributed by atoms with E-state index in [4.69, 9.17) is 0 Å². The van der Waals surface area contributed by atoms with E-state index in [1.807, 2.05) is 0 Å². The molecule has 2 rings (SSSR count). The lowest BCUT2D eigenvalue weighted by molar-refractivity contribution is -0.120. The van der Waals surface area contributed by atoms with Gasteiger partial charge in [-0.15, -0.1) is 0 Å². The molecule has 1 N–H and O–H groups in total. The van der Waals surface area contributed by atoms with Gasteiger partial charge in [-0.2, -0.15) is 0 Å². The first-order valence-corrected chi connectivity index (χ1v) is 8.38. The molecule has 6 heteroatoms. The number of amides is 1. The van der Waals surface area contributed by atoms with Crippen LogP contribution in [-0.2, 0) is 14.6 Å². The van der Waals surface area contributed by atoms with Crippen LogP contribution in [0.2, 0.25) is 0 Å². The number of Topliss-reactive ketones (excluding diaryl/α,β-unsaturated/α-hetero) is 1. The highest BCUT2D eigenvalue weighted by Gasteiger charge is 2.21. The maximum atomic E-state index is 12.1. The van der Waals surface area contributed by atoms with Gasteiger partial charge in [-0.25, -0.2) is 8.42 Å². The minimum atomic E-state index is -3.32. The van der Waals surface area contributed by atoms with Crippen LogP contribution in [0.1, 0.15) is 36.0 Å². The minimum absolute atomic E-state index is 0.0120.